The SMILES string of the molecule is CCCNC(=O)CCNC(=O)C1CCCC=C(CC(C)C)C1.[HH].[HH]. The lowest BCUT2D eigenvalue weighted by molar-refractivity contribution is -0.125. The van der Waals surface area contributed by atoms with Gasteiger partial charge in [-0.2, -0.15) is 0 Å². The van der Waals surface area contributed by atoms with Gasteiger partial charge in [0, 0.05) is 28.3 Å². The Morgan fingerprint density at radius 2 is 2.09 bits per heavy atom. The summed E-state index contributed by atoms with van der Waals surface area (Å²) in [5, 5.41) is 5.76. The Labute approximate surface area is 138 Å². The number of hydrogen-bond donors (Lipinski definition) is 2. The van der Waals surface area contributed by atoms with Gasteiger partial charge >= 0.3 is 0 Å². The van der Waals surface area contributed by atoms with Gasteiger partial charge in [-0.3, -0.25) is 9.59 Å². The highest BCUT2D eigenvalue weighted by Gasteiger charge is 2.21. The van der Waals surface area contributed by atoms with E-state index in [1.807, 2.05) is 6.92 Å². The minimum Gasteiger partial charge on any atom is -0.356 e. The van der Waals surface area contributed by atoms with Crippen LogP contribution in [0.4, 0.5) is 0 Å². The van der Waals surface area contributed by atoms with Gasteiger partial charge in [0.1, 0.15) is 0 Å². The summed E-state index contributed by atoms with van der Waals surface area (Å²) in [4.78, 5) is 23.8. The smallest absolute Gasteiger partial charge is 0.223 e. The van der Waals surface area contributed by atoms with Crippen LogP contribution in [0.15, 0.2) is 11.6 Å². The van der Waals surface area contributed by atoms with Crippen molar-refractivity contribution in [1.82, 2.24) is 10.6 Å². The van der Waals surface area contributed by atoms with Gasteiger partial charge in [-0.15, -0.1) is 0 Å². The molecule has 0 radical (unpaired) electrons. The Hall–Kier alpha value is -1.32. The maximum Gasteiger partial charge on any atom is 0.223 e. The highest BCUT2D eigenvalue weighted by molar-refractivity contribution is 5.80. The quantitative estimate of drug-likeness (QED) is 0.672. The zero-order valence-electron chi connectivity index (χ0n) is 14.4. The summed E-state index contributed by atoms with van der Waals surface area (Å²) in [5.41, 5.74) is 1.42. The van der Waals surface area contributed by atoms with E-state index in [0.717, 1.165) is 38.5 Å². The van der Waals surface area contributed by atoms with Crippen LogP contribution in [-0.4, -0.2) is 24.9 Å². The molecule has 0 saturated carbocycles. The normalized spacial score (nSPS) is 18.5. The van der Waals surface area contributed by atoms with Crippen molar-refractivity contribution in [3.8, 4) is 0 Å². The van der Waals surface area contributed by atoms with E-state index in [9.17, 15) is 9.59 Å². The number of rotatable bonds is 8. The predicted octanol–water partition coefficient (Wildman–Crippen LogP) is 3.67. The van der Waals surface area contributed by atoms with Crippen LogP contribution in [0.3, 0.4) is 0 Å². The first-order valence-electron chi connectivity index (χ1n) is 8.75. The molecule has 0 aromatic rings. The second kappa shape index (κ2) is 10.4. The predicted molar refractivity (Wildman–Crippen MR) is 94.7 cm³/mol. The van der Waals surface area contributed by atoms with E-state index in [4.69, 9.17) is 0 Å². The Morgan fingerprint density at radius 1 is 1.32 bits per heavy atom. The zero-order chi connectivity index (χ0) is 16.4. The van der Waals surface area contributed by atoms with Crippen LogP contribution in [0, 0.1) is 11.8 Å². The Bertz CT molecular complexity index is 398. The Kier molecular flexibility index (Phi) is 8.86. The van der Waals surface area contributed by atoms with E-state index in [2.05, 4.69) is 30.6 Å². The monoisotopic (exact) mass is 312 g/mol. The molecule has 0 saturated heterocycles. The van der Waals surface area contributed by atoms with Crippen LogP contribution in [-0.2, 0) is 9.59 Å². The molecule has 0 heterocycles. The molecule has 2 amide bonds. The fraction of sp³-hybridized carbons (Fsp3) is 0.778. The van der Waals surface area contributed by atoms with E-state index in [0.29, 0.717) is 25.4 Å². The lowest BCUT2D eigenvalue weighted by Gasteiger charge is -2.17. The van der Waals surface area contributed by atoms with Gasteiger partial charge in [-0.05, 0) is 44.4 Å². The molecule has 0 aromatic heterocycles. The number of allylic oxidation sites excluding steroid dienone is 2. The molecule has 1 unspecified atom stereocenters. The zero-order valence-corrected chi connectivity index (χ0v) is 14.4. The third-order valence-corrected chi connectivity index (χ3v) is 3.96. The second-order valence-electron chi connectivity index (χ2n) is 6.68. The molecule has 0 spiro atoms. The van der Waals surface area contributed by atoms with Gasteiger partial charge in [0.2, 0.25) is 11.8 Å². The van der Waals surface area contributed by atoms with Crippen molar-refractivity contribution in [3.05, 3.63) is 11.6 Å². The van der Waals surface area contributed by atoms with Gasteiger partial charge in [-0.25, -0.2) is 0 Å². The first kappa shape index (κ1) is 18.7. The average molecular weight is 312 g/mol. The summed E-state index contributed by atoms with van der Waals surface area (Å²) < 4.78 is 0. The molecular formula is C18H36N2O2. The number of carbonyl (C=O) groups excluding carboxylic acids is 2. The molecular weight excluding hydrogens is 276 g/mol. The lowest BCUT2D eigenvalue weighted by Crippen LogP contribution is -2.34. The number of hydrogen-bond acceptors (Lipinski definition) is 2. The minimum atomic E-state index is 0. The van der Waals surface area contributed by atoms with Crippen LogP contribution >= 0.6 is 0 Å². The van der Waals surface area contributed by atoms with Crippen molar-refractivity contribution >= 4 is 11.8 Å². The molecule has 1 rings (SSSR count). The van der Waals surface area contributed by atoms with E-state index in [1.54, 1.807) is 0 Å². The number of nitrogens with one attached hydrogen (secondary N) is 2. The van der Waals surface area contributed by atoms with Crippen LogP contribution in [0.5, 0.6) is 0 Å². The summed E-state index contributed by atoms with van der Waals surface area (Å²) in [7, 11) is 0. The highest BCUT2D eigenvalue weighted by Crippen LogP contribution is 2.27. The fourth-order valence-corrected chi connectivity index (χ4v) is 2.88. The number of amides is 2. The molecule has 4 nitrogen and oxygen atoms in total. The summed E-state index contributed by atoms with van der Waals surface area (Å²) in [5.74, 6) is 0.838. The van der Waals surface area contributed by atoms with E-state index >= 15 is 0 Å². The lowest BCUT2D eigenvalue weighted by atomic mass is 9.92. The van der Waals surface area contributed by atoms with Gasteiger partial charge in [0.05, 0.1) is 0 Å². The summed E-state index contributed by atoms with van der Waals surface area (Å²) in [6, 6.07) is 0. The standard InChI is InChI=1S/C18H32N2O2.2H2/c1-4-10-19-17(21)9-11-20-18(22)16-8-6-5-7-15(13-16)12-14(2)3;;/h7,14,16H,4-6,8-13H2,1-3H3,(H,19,21)(H,20,22);2*1H. The fourth-order valence-electron chi connectivity index (χ4n) is 2.88. The molecule has 1 atom stereocenters. The van der Waals surface area contributed by atoms with Gasteiger partial charge < -0.3 is 10.6 Å². The van der Waals surface area contributed by atoms with Crippen molar-refractivity contribution < 1.29 is 12.4 Å². The van der Waals surface area contributed by atoms with Crippen LogP contribution in [0.25, 0.3) is 0 Å². The Balaban J connectivity index is 0. The first-order chi connectivity index (χ1) is 10.5. The maximum atomic E-state index is 12.3. The highest BCUT2D eigenvalue weighted by atomic mass is 16.2. The van der Waals surface area contributed by atoms with E-state index < -0.39 is 0 Å². The first-order valence-corrected chi connectivity index (χ1v) is 8.75. The van der Waals surface area contributed by atoms with Crippen LogP contribution < -0.4 is 10.6 Å². The summed E-state index contributed by atoms with van der Waals surface area (Å²) in [6.07, 6.45) is 8.72. The van der Waals surface area contributed by atoms with Crippen molar-refractivity contribution in [2.45, 2.75) is 65.7 Å². The Morgan fingerprint density at radius 3 is 2.77 bits per heavy atom. The van der Waals surface area contributed by atoms with Crippen molar-refractivity contribution in [1.29, 1.82) is 0 Å². The van der Waals surface area contributed by atoms with Crippen LogP contribution in [0.2, 0.25) is 0 Å². The third-order valence-electron chi connectivity index (χ3n) is 3.96. The van der Waals surface area contributed by atoms with Crippen molar-refractivity contribution in [2.75, 3.05) is 13.1 Å². The molecule has 22 heavy (non-hydrogen) atoms. The molecule has 0 aliphatic heterocycles. The molecule has 1 aliphatic carbocycles. The largest absolute Gasteiger partial charge is 0.356 e. The van der Waals surface area contributed by atoms with Gasteiger partial charge in [0.25, 0.3) is 0 Å². The average Bonchev–Trinajstić information content (AvgIpc) is 2.70. The van der Waals surface area contributed by atoms with Crippen molar-refractivity contribution in [2.24, 2.45) is 11.8 Å². The summed E-state index contributed by atoms with van der Waals surface area (Å²) in [6.45, 7) is 7.61. The molecule has 130 valence electrons. The van der Waals surface area contributed by atoms with Crippen molar-refractivity contribution in [3.63, 3.8) is 0 Å². The molecule has 4 heteroatoms. The topological polar surface area (TPSA) is 58.2 Å². The van der Waals surface area contributed by atoms with E-state index in [-0.39, 0.29) is 20.6 Å². The third kappa shape index (κ3) is 7.62. The minimum absolute atomic E-state index is 0. The molecule has 1 aliphatic rings. The second-order valence-corrected chi connectivity index (χ2v) is 6.68. The van der Waals surface area contributed by atoms with Gasteiger partial charge in [-0.1, -0.05) is 32.4 Å². The maximum absolute atomic E-state index is 12.3. The molecule has 0 fully saturated rings. The van der Waals surface area contributed by atoms with Gasteiger partial charge in [0.15, 0.2) is 0 Å². The molecule has 0 aromatic carbocycles. The van der Waals surface area contributed by atoms with Crippen LogP contribution in [0.1, 0.15) is 68.6 Å². The summed E-state index contributed by atoms with van der Waals surface area (Å²) >= 11 is 0. The molecule has 2 N–H and O–H groups in total. The molecule has 0 bridgehead atoms. The van der Waals surface area contributed by atoms with E-state index in [1.165, 1.54) is 5.57 Å². The number of carbonyl (C=O) groups is 2.